The SMILES string of the molecule is CCn1nc(C)c(NC(=O)CN2CC=CCC2)c1C. The first-order chi connectivity index (χ1) is 9.11. The van der Waals surface area contributed by atoms with Crippen LogP contribution in [0.4, 0.5) is 5.69 Å². The van der Waals surface area contributed by atoms with Crippen LogP contribution in [0.3, 0.4) is 0 Å². The predicted octanol–water partition coefficient (Wildman–Crippen LogP) is 1.72. The summed E-state index contributed by atoms with van der Waals surface area (Å²) in [6, 6.07) is 0. The summed E-state index contributed by atoms with van der Waals surface area (Å²) in [6.45, 7) is 9.04. The number of nitrogens with zero attached hydrogens (tertiary/aromatic N) is 3. The van der Waals surface area contributed by atoms with E-state index in [9.17, 15) is 4.79 Å². The summed E-state index contributed by atoms with van der Waals surface area (Å²) in [5.74, 6) is 0.0390. The lowest BCUT2D eigenvalue weighted by Crippen LogP contribution is -2.35. The Hall–Kier alpha value is -1.62. The van der Waals surface area contributed by atoms with E-state index in [-0.39, 0.29) is 5.91 Å². The maximum Gasteiger partial charge on any atom is 0.238 e. The molecule has 19 heavy (non-hydrogen) atoms. The third-order valence-electron chi connectivity index (χ3n) is 3.45. The molecule has 0 aliphatic carbocycles. The molecule has 5 heteroatoms. The van der Waals surface area contributed by atoms with Gasteiger partial charge in [0.05, 0.1) is 23.6 Å². The molecular formula is C14H22N4O. The Bertz CT molecular complexity index is 490. The first-order valence-electron chi connectivity index (χ1n) is 6.83. The van der Waals surface area contributed by atoms with E-state index in [1.54, 1.807) is 0 Å². The molecule has 0 unspecified atom stereocenters. The monoisotopic (exact) mass is 262 g/mol. The van der Waals surface area contributed by atoms with Gasteiger partial charge in [0, 0.05) is 19.6 Å². The van der Waals surface area contributed by atoms with Gasteiger partial charge in [0.15, 0.2) is 0 Å². The Morgan fingerprint density at radius 2 is 2.21 bits per heavy atom. The largest absolute Gasteiger partial charge is 0.322 e. The maximum atomic E-state index is 12.1. The van der Waals surface area contributed by atoms with Gasteiger partial charge in [0.1, 0.15) is 0 Å². The van der Waals surface area contributed by atoms with Gasteiger partial charge >= 0.3 is 0 Å². The van der Waals surface area contributed by atoms with E-state index in [1.807, 2.05) is 25.5 Å². The Morgan fingerprint density at radius 1 is 1.42 bits per heavy atom. The highest BCUT2D eigenvalue weighted by Gasteiger charge is 2.16. The van der Waals surface area contributed by atoms with Gasteiger partial charge in [-0.2, -0.15) is 5.10 Å². The van der Waals surface area contributed by atoms with Crippen LogP contribution >= 0.6 is 0 Å². The molecule has 0 saturated carbocycles. The van der Waals surface area contributed by atoms with Crippen LogP contribution < -0.4 is 5.32 Å². The topological polar surface area (TPSA) is 50.2 Å². The number of hydrogen-bond acceptors (Lipinski definition) is 3. The smallest absolute Gasteiger partial charge is 0.238 e. The van der Waals surface area contributed by atoms with Crippen molar-refractivity contribution in [1.29, 1.82) is 0 Å². The number of amides is 1. The van der Waals surface area contributed by atoms with Crippen molar-refractivity contribution in [2.75, 3.05) is 25.0 Å². The van der Waals surface area contributed by atoms with Gasteiger partial charge in [-0.3, -0.25) is 14.4 Å². The summed E-state index contributed by atoms with van der Waals surface area (Å²) in [5, 5.41) is 7.40. The molecule has 0 saturated heterocycles. The van der Waals surface area contributed by atoms with Crippen LogP contribution in [0.25, 0.3) is 0 Å². The number of anilines is 1. The van der Waals surface area contributed by atoms with Crippen molar-refractivity contribution < 1.29 is 4.79 Å². The lowest BCUT2D eigenvalue weighted by Gasteiger charge is -2.22. The lowest BCUT2D eigenvalue weighted by atomic mass is 10.2. The molecule has 1 aliphatic heterocycles. The molecule has 1 N–H and O–H groups in total. The summed E-state index contributed by atoms with van der Waals surface area (Å²) in [6.07, 6.45) is 5.30. The Labute approximate surface area is 114 Å². The van der Waals surface area contributed by atoms with Crippen LogP contribution in [0.5, 0.6) is 0 Å². The van der Waals surface area contributed by atoms with Crippen molar-refractivity contribution >= 4 is 11.6 Å². The van der Waals surface area contributed by atoms with Crippen LogP contribution in [0.15, 0.2) is 12.2 Å². The average molecular weight is 262 g/mol. The Morgan fingerprint density at radius 3 is 2.79 bits per heavy atom. The molecule has 0 atom stereocenters. The fourth-order valence-corrected chi connectivity index (χ4v) is 2.40. The van der Waals surface area contributed by atoms with E-state index in [2.05, 4.69) is 27.5 Å². The van der Waals surface area contributed by atoms with Gasteiger partial charge in [0.2, 0.25) is 5.91 Å². The Balaban J connectivity index is 1.98. The van der Waals surface area contributed by atoms with E-state index in [0.29, 0.717) is 6.54 Å². The minimum atomic E-state index is 0.0390. The van der Waals surface area contributed by atoms with Crippen LogP contribution in [-0.4, -0.2) is 40.2 Å². The summed E-state index contributed by atoms with van der Waals surface area (Å²) in [7, 11) is 0. The molecule has 0 spiro atoms. The molecule has 0 aromatic carbocycles. The average Bonchev–Trinajstić information content (AvgIpc) is 2.67. The van der Waals surface area contributed by atoms with E-state index >= 15 is 0 Å². The quantitative estimate of drug-likeness (QED) is 0.841. The van der Waals surface area contributed by atoms with Crippen molar-refractivity contribution in [3.63, 3.8) is 0 Å². The van der Waals surface area contributed by atoms with E-state index in [4.69, 9.17) is 0 Å². The first-order valence-corrected chi connectivity index (χ1v) is 6.83. The van der Waals surface area contributed by atoms with Crippen molar-refractivity contribution in [2.24, 2.45) is 0 Å². The van der Waals surface area contributed by atoms with Gasteiger partial charge < -0.3 is 5.32 Å². The van der Waals surface area contributed by atoms with Gasteiger partial charge in [-0.05, 0) is 27.2 Å². The number of carbonyl (C=O) groups is 1. The highest BCUT2D eigenvalue weighted by Crippen LogP contribution is 2.19. The number of nitrogens with one attached hydrogen (secondary N) is 1. The van der Waals surface area contributed by atoms with E-state index in [1.165, 1.54) is 0 Å². The standard InChI is InChI=1S/C14H22N4O/c1-4-18-12(3)14(11(2)16-18)15-13(19)10-17-8-6-5-7-9-17/h5-6H,4,7-10H2,1-3H3,(H,15,19). The minimum absolute atomic E-state index is 0.0390. The summed E-state index contributed by atoms with van der Waals surface area (Å²) < 4.78 is 1.91. The number of aromatic nitrogens is 2. The fraction of sp³-hybridized carbons (Fsp3) is 0.571. The number of rotatable bonds is 4. The lowest BCUT2D eigenvalue weighted by molar-refractivity contribution is -0.117. The maximum absolute atomic E-state index is 12.1. The normalized spacial score (nSPS) is 15.7. The fourth-order valence-electron chi connectivity index (χ4n) is 2.40. The first kappa shape index (κ1) is 13.8. The molecule has 1 aromatic heterocycles. The molecule has 1 aromatic rings. The minimum Gasteiger partial charge on any atom is -0.322 e. The molecule has 5 nitrogen and oxygen atoms in total. The summed E-state index contributed by atoms with van der Waals surface area (Å²) in [4.78, 5) is 14.2. The molecule has 2 heterocycles. The van der Waals surface area contributed by atoms with Crippen LogP contribution in [-0.2, 0) is 11.3 Å². The van der Waals surface area contributed by atoms with Crippen molar-refractivity contribution in [1.82, 2.24) is 14.7 Å². The molecule has 1 amide bonds. The van der Waals surface area contributed by atoms with Crippen LogP contribution in [0.2, 0.25) is 0 Å². The second-order valence-electron chi connectivity index (χ2n) is 4.90. The molecule has 2 rings (SSSR count). The molecule has 1 aliphatic rings. The van der Waals surface area contributed by atoms with Crippen molar-refractivity contribution in [3.05, 3.63) is 23.5 Å². The number of hydrogen-bond donors (Lipinski definition) is 1. The zero-order valence-corrected chi connectivity index (χ0v) is 11.9. The van der Waals surface area contributed by atoms with Crippen molar-refractivity contribution in [2.45, 2.75) is 33.7 Å². The van der Waals surface area contributed by atoms with Gasteiger partial charge in [-0.25, -0.2) is 0 Å². The highest BCUT2D eigenvalue weighted by atomic mass is 16.2. The van der Waals surface area contributed by atoms with Crippen molar-refractivity contribution in [3.8, 4) is 0 Å². The van der Waals surface area contributed by atoms with Gasteiger partial charge in [-0.1, -0.05) is 12.2 Å². The third kappa shape index (κ3) is 3.23. The van der Waals surface area contributed by atoms with E-state index in [0.717, 1.165) is 43.1 Å². The Kier molecular flexibility index (Phi) is 4.37. The second-order valence-corrected chi connectivity index (χ2v) is 4.90. The highest BCUT2D eigenvalue weighted by molar-refractivity contribution is 5.93. The molecule has 0 fully saturated rings. The summed E-state index contributed by atoms with van der Waals surface area (Å²) >= 11 is 0. The van der Waals surface area contributed by atoms with Crippen LogP contribution in [0.1, 0.15) is 24.7 Å². The van der Waals surface area contributed by atoms with E-state index < -0.39 is 0 Å². The van der Waals surface area contributed by atoms with Crippen LogP contribution in [0, 0.1) is 13.8 Å². The third-order valence-corrected chi connectivity index (χ3v) is 3.45. The molecule has 0 bridgehead atoms. The predicted molar refractivity (Wildman–Crippen MR) is 76.2 cm³/mol. The molecule has 0 radical (unpaired) electrons. The number of aryl methyl sites for hydroxylation is 2. The molecular weight excluding hydrogens is 240 g/mol. The zero-order chi connectivity index (χ0) is 13.8. The van der Waals surface area contributed by atoms with Gasteiger partial charge in [-0.15, -0.1) is 0 Å². The zero-order valence-electron chi connectivity index (χ0n) is 11.9. The second kappa shape index (κ2) is 6.02. The molecule has 104 valence electrons. The van der Waals surface area contributed by atoms with Gasteiger partial charge in [0.25, 0.3) is 0 Å². The number of carbonyl (C=O) groups excluding carboxylic acids is 1. The summed E-state index contributed by atoms with van der Waals surface area (Å²) in [5.41, 5.74) is 2.76.